The molecule has 0 fully saturated rings. The van der Waals surface area contributed by atoms with Crippen molar-refractivity contribution in [3.63, 3.8) is 0 Å². The van der Waals surface area contributed by atoms with Crippen molar-refractivity contribution in [2.75, 3.05) is 6.61 Å². The van der Waals surface area contributed by atoms with Gasteiger partial charge in [-0.15, -0.1) is 0 Å². The molecule has 0 aliphatic carbocycles. The fourth-order valence-electron chi connectivity index (χ4n) is 3.52. The first kappa shape index (κ1) is 21.9. The highest BCUT2D eigenvalue weighted by Crippen LogP contribution is 2.28. The van der Waals surface area contributed by atoms with Gasteiger partial charge in [-0.2, -0.15) is 5.10 Å². The summed E-state index contributed by atoms with van der Waals surface area (Å²) in [6, 6.07) is 23.3. The Hall–Kier alpha value is -3.28. The third kappa shape index (κ3) is 4.96. The largest absolute Gasteiger partial charge is 0.482 e. The minimum atomic E-state index is -0.400. The molecule has 0 atom stereocenters. The number of hydrogen-bond donors (Lipinski definition) is 1. The van der Waals surface area contributed by atoms with Gasteiger partial charge in [0.2, 0.25) is 0 Å². The van der Waals surface area contributed by atoms with Crippen molar-refractivity contribution in [2.24, 2.45) is 5.10 Å². The van der Waals surface area contributed by atoms with Crippen molar-refractivity contribution in [3.8, 4) is 5.75 Å². The predicted octanol–water partition coefficient (Wildman–Crippen LogP) is 5.83. The van der Waals surface area contributed by atoms with Gasteiger partial charge in [-0.1, -0.05) is 71.7 Å². The van der Waals surface area contributed by atoms with Gasteiger partial charge in [-0.3, -0.25) is 4.79 Å². The topological polar surface area (TPSA) is 55.6 Å². The maximum atomic E-state index is 12.2. The molecule has 162 valence electrons. The number of ether oxygens (including phenoxy) is 1. The van der Waals surface area contributed by atoms with E-state index in [1.165, 1.54) is 5.56 Å². The van der Waals surface area contributed by atoms with Gasteiger partial charge in [0.05, 0.1) is 11.2 Å². The number of halogens is 2. The first-order chi connectivity index (χ1) is 15.5. The molecule has 4 aromatic rings. The third-order valence-electron chi connectivity index (χ3n) is 5.10. The van der Waals surface area contributed by atoms with Crippen LogP contribution in [0.2, 0.25) is 10.0 Å². The van der Waals surface area contributed by atoms with Crippen LogP contribution < -0.4 is 10.2 Å². The summed E-state index contributed by atoms with van der Waals surface area (Å²) in [5, 5.41) is 6.08. The molecule has 32 heavy (non-hydrogen) atoms. The number of nitrogens with one attached hydrogen (secondary N) is 1. The number of aromatic nitrogens is 1. The van der Waals surface area contributed by atoms with Crippen LogP contribution >= 0.6 is 23.2 Å². The zero-order chi connectivity index (χ0) is 22.5. The number of benzene rings is 3. The summed E-state index contributed by atoms with van der Waals surface area (Å²) in [5.74, 6) is -0.0545. The second-order valence-corrected chi connectivity index (χ2v) is 8.09. The number of para-hydroxylation sites is 1. The van der Waals surface area contributed by atoms with E-state index in [9.17, 15) is 4.79 Å². The van der Waals surface area contributed by atoms with E-state index in [0.29, 0.717) is 15.8 Å². The van der Waals surface area contributed by atoms with Crippen LogP contribution in [0.3, 0.4) is 0 Å². The Balaban J connectivity index is 1.48. The van der Waals surface area contributed by atoms with Gasteiger partial charge in [0.1, 0.15) is 5.75 Å². The lowest BCUT2D eigenvalue weighted by molar-refractivity contribution is -0.123. The molecule has 0 bridgehead atoms. The first-order valence-corrected chi connectivity index (χ1v) is 10.8. The van der Waals surface area contributed by atoms with E-state index in [-0.39, 0.29) is 6.61 Å². The Labute approximate surface area is 196 Å². The molecule has 1 N–H and O–H groups in total. The van der Waals surface area contributed by atoms with Crippen molar-refractivity contribution in [1.29, 1.82) is 0 Å². The lowest BCUT2D eigenvalue weighted by Crippen LogP contribution is -2.24. The fraction of sp³-hybridized carbons (Fsp3) is 0.120. The highest BCUT2D eigenvalue weighted by molar-refractivity contribution is 6.34. The molecule has 1 heterocycles. The quantitative estimate of drug-likeness (QED) is 0.275. The van der Waals surface area contributed by atoms with E-state index >= 15 is 0 Å². The zero-order valence-corrected chi connectivity index (χ0v) is 18.9. The third-order valence-corrected chi connectivity index (χ3v) is 5.65. The number of hydrazone groups is 1. The number of fused-ring (bicyclic) bond motifs is 1. The number of hydrogen-bond acceptors (Lipinski definition) is 3. The molecule has 0 radical (unpaired) electrons. The van der Waals surface area contributed by atoms with Gasteiger partial charge in [0.15, 0.2) is 6.61 Å². The van der Waals surface area contributed by atoms with Crippen molar-refractivity contribution in [3.05, 3.63) is 99.7 Å². The molecule has 1 aromatic heterocycles. The highest BCUT2D eigenvalue weighted by Gasteiger charge is 2.13. The minimum Gasteiger partial charge on any atom is -0.482 e. The molecule has 0 saturated carbocycles. The summed E-state index contributed by atoms with van der Waals surface area (Å²) in [5.41, 5.74) is 6.85. The monoisotopic (exact) mass is 465 g/mol. The summed E-state index contributed by atoms with van der Waals surface area (Å²) < 4.78 is 7.69. The van der Waals surface area contributed by atoms with Crippen LogP contribution in [0.1, 0.15) is 16.8 Å². The molecular weight excluding hydrogens is 445 g/mol. The number of amides is 1. The molecule has 0 aliphatic rings. The molecule has 0 aliphatic heterocycles. The number of nitrogens with zero attached hydrogens (tertiary/aromatic N) is 2. The van der Waals surface area contributed by atoms with Gasteiger partial charge < -0.3 is 9.30 Å². The number of rotatable bonds is 7. The molecular formula is C25H21Cl2N3O2. The Morgan fingerprint density at radius 2 is 1.81 bits per heavy atom. The average molecular weight is 466 g/mol. The number of carbonyl (C=O) groups is 1. The maximum Gasteiger partial charge on any atom is 0.277 e. The van der Waals surface area contributed by atoms with Crippen LogP contribution in [-0.4, -0.2) is 23.3 Å². The van der Waals surface area contributed by atoms with Crippen LogP contribution in [0.15, 0.2) is 77.9 Å². The van der Waals surface area contributed by atoms with E-state index in [0.717, 1.165) is 28.7 Å². The summed E-state index contributed by atoms with van der Waals surface area (Å²) >= 11 is 12.0. The summed E-state index contributed by atoms with van der Waals surface area (Å²) in [6.07, 6.45) is 1.67. The lowest BCUT2D eigenvalue weighted by Gasteiger charge is -2.08. The van der Waals surface area contributed by atoms with Crippen molar-refractivity contribution in [2.45, 2.75) is 13.5 Å². The summed E-state index contributed by atoms with van der Waals surface area (Å²) in [7, 11) is 0. The van der Waals surface area contributed by atoms with Crippen LogP contribution in [0.4, 0.5) is 0 Å². The molecule has 4 rings (SSSR count). The molecule has 0 unspecified atom stereocenters. The molecule has 3 aromatic carbocycles. The van der Waals surface area contributed by atoms with Crippen LogP contribution in [0.25, 0.3) is 10.9 Å². The van der Waals surface area contributed by atoms with Gasteiger partial charge in [-0.05, 0) is 30.7 Å². The van der Waals surface area contributed by atoms with Crippen LogP contribution in [0.5, 0.6) is 5.75 Å². The first-order valence-electron chi connectivity index (χ1n) is 10.0. The molecule has 1 amide bonds. The van der Waals surface area contributed by atoms with Gasteiger partial charge in [-0.25, -0.2) is 5.43 Å². The van der Waals surface area contributed by atoms with Gasteiger partial charge >= 0.3 is 0 Å². The molecule has 0 saturated heterocycles. The Bertz CT molecular complexity index is 1280. The van der Waals surface area contributed by atoms with E-state index in [1.54, 1.807) is 24.4 Å². The lowest BCUT2D eigenvalue weighted by atomic mass is 10.1. The SMILES string of the molecule is Cc1c(/C=N\NC(=O)COc2cc(Cl)ccc2Cl)c2ccccc2n1Cc1ccccc1. The Morgan fingerprint density at radius 3 is 2.62 bits per heavy atom. The predicted molar refractivity (Wildman–Crippen MR) is 130 cm³/mol. The zero-order valence-electron chi connectivity index (χ0n) is 17.4. The van der Waals surface area contributed by atoms with E-state index < -0.39 is 5.91 Å². The minimum absolute atomic E-state index is 0.230. The van der Waals surface area contributed by atoms with Gasteiger partial charge in [0.25, 0.3) is 5.91 Å². The summed E-state index contributed by atoms with van der Waals surface area (Å²) in [4.78, 5) is 12.2. The average Bonchev–Trinajstić information content (AvgIpc) is 3.06. The second-order valence-electron chi connectivity index (χ2n) is 7.24. The highest BCUT2D eigenvalue weighted by atomic mass is 35.5. The molecule has 5 nitrogen and oxygen atoms in total. The van der Waals surface area contributed by atoms with Gasteiger partial charge in [0, 0.05) is 39.8 Å². The van der Waals surface area contributed by atoms with E-state index in [2.05, 4.69) is 46.3 Å². The second kappa shape index (κ2) is 9.90. The molecule has 7 heteroatoms. The standard InChI is InChI=1S/C25H21Cl2N3O2/c1-17-21(14-28-29-25(31)16-32-24-13-19(26)11-12-22(24)27)20-9-5-6-10-23(20)30(17)15-18-7-3-2-4-8-18/h2-14H,15-16H2,1H3,(H,29,31)/b28-14-. The Kier molecular flexibility index (Phi) is 6.78. The maximum absolute atomic E-state index is 12.2. The fourth-order valence-corrected chi connectivity index (χ4v) is 3.86. The van der Waals surface area contributed by atoms with Crippen LogP contribution in [0, 0.1) is 6.92 Å². The Morgan fingerprint density at radius 1 is 1.06 bits per heavy atom. The van der Waals surface area contributed by atoms with E-state index in [4.69, 9.17) is 27.9 Å². The van der Waals surface area contributed by atoms with Crippen LogP contribution in [-0.2, 0) is 11.3 Å². The molecule has 0 spiro atoms. The normalized spacial score (nSPS) is 11.2. The summed E-state index contributed by atoms with van der Waals surface area (Å²) in [6.45, 7) is 2.57. The van der Waals surface area contributed by atoms with Crippen molar-refractivity contribution in [1.82, 2.24) is 9.99 Å². The van der Waals surface area contributed by atoms with Crippen molar-refractivity contribution < 1.29 is 9.53 Å². The van der Waals surface area contributed by atoms with Crippen molar-refractivity contribution >= 4 is 46.2 Å². The smallest absolute Gasteiger partial charge is 0.277 e. The van der Waals surface area contributed by atoms with E-state index in [1.807, 2.05) is 30.3 Å². The number of carbonyl (C=O) groups excluding carboxylic acids is 1.